The van der Waals surface area contributed by atoms with Crippen molar-refractivity contribution < 1.29 is 4.79 Å². The first-order valence-electron chi connectivity index (χ1n) is 8.61. The van der Waals surface area contributed by atoms with Crippen LogP contribution in [0, 0.1) is 0 Å². The van der Waals surface area contributed by atoms with Crippen molar-refractivity contribution in [1.82, 2.24) is 0 Å². The van der Waals surface area contributed by atoms with Crippen LogP contribution in [0.5, 0.6) is 0 Å². The van der Waals surface area contributed by atoms with Crippen LogP contribution in [0.25, 0.3) is 6.08 Å². The quantitative estimate of drug-likeness (QED) is 0.647. The number of hydrogen-bond donors (Lipinski definition) is 1. The summed E-state index contributed by atoms with van der Waals surface area (Å²) in [6.07, 6.45) is 3.13. The summed E-state index contributed by atoms with van der Waals surface area (Å²) in [4.78, 5) is 13.3. The highest BCUT2D eigenvalue weighted by atomic mass is 16.1. The first kappa shape index (κ1) is 17.5. The van der Waals surface area contributed by atoms with Crippen molar-refractivity contribution in [3.05, 3.63) is 108 Å². The van der Waals surface area contributed by atoms with Crippen LogP contribution < -0.4 is 10.6 Å². The Hall–Kier alpha value is -3.33. The zero-order chi connectivity index (χ0) is 18.2. The Morgan fingerprint density at radius 2 is 1.38 bits per heavy atom. The Balaban J connectivity index is 1.89. The summed E-state index contributed by atoms with van der Waals surface area (Å²) in [5.41, 5.74) is 9.76. The molecule has 0 heterocycles. The number of amides is 1. The van der Waals surface area contributed by atoms with Gasteiger partial charge in [0.15, 0.2) is 0 Å². The molecule has 0 aliphatic heterocycles. The second-order valence-electron chi connectivity index (χ2n) is 6.16. The van der Waals surface area contributed by atoms with Crippen molar-refractivity contribution in [3.63, 3.8) is 0 Å². The van der Waals surface area contributed by atoms with Gasteiger partial charge >= 0.3 is 0 Å². The van der Waals surface area contributed by atoms with E-state index in [4.69, 9.17) is 5.73 Å². The van der Waals surface area contributed by atoms with Gasteiger partial charge in [-0.05, 0) is 34.9 Å². The number of benzene rings is 3. The topological polar surface area (TPSA) is 46.3 Å². The third kappa shape index (κ3) is 5.08. The number of primary amides is 1. The van der Waals surface area contributed by atoms with Crippen molar-refractivity contribution in [3.8, 4) is 0 Å². The molecular formula is C23H22N2O. The van der Waals surface area contributed by atoms with Gasteiger partial charge in [0.1, 0.15) is 0 Å². The molecule has 0 saturated heterocycles. The van der Waals surface area contributed by atoms with E-state index < -0.39 is 5.91 Å². The summed E-state index contributed by atoms with van der Waals surface area (Å²) in [6, 6.07) is 29.0. The number of nitrogens with two attached hydrogens (primary N) is 1. The fourth-order valence-corrected chi connectivity index (χ4v) is 2.85. The predicted molar refractivity (Wildman–Crippen MR) is 107 cm³/mol. The van der Waals surface area contributed by atoms with Crippen LogP contribution in [-0.2, 0) is 17.9 Å². The molecule has 0 aliphatic rings. The summed E-state index contributed by atoms with van der Waals surface area (Å²) < 4.78 is 0. The van der Waals surface area contributed by atoms with Gasteiger partial charge in [-0.25, -0.2) is 0 Å². The van der Waals surface area contributed by atoms with Gasteiger partial charge in [0.05, 0.1) is 0 Å². The van der Waals surface area contributed by atoms with E-state index in [1.54, 1.807) is 6.08 Å². The van der Waals surface area contributed by atoms with E-state index in [1.165, 1.54) is 17.2 Å². The van der Waals surface area contributed by atoms with Crippen LogP contribution >= 0.6 is 0 Å². The number of nitrogens with zero attached hydrogens (tertiary/aromatic N) is 1. The average Bonchev–Trinajstić information content (AvgIpc) is 2.68. The van der Waals surface area contributed by atoms with E-state index in [2.05, 4.69) is 65.6 Å². The molecule has 0 aromatic heterocycles. The monoisotopic (exact) mass is 342 g/mol. The van der Waals surface area contributed by atoms with Gasteiger partial charge in [0, 0.05) is 24.9 Å². The van der Waals surface area contributed by atoms with Gasteiger partial charge in [-0.1, -0.05) is 72.8 Å². The Morgan fingerprint density at radius 1 is 0.808 bits per heavy atom. The molecule has 2 N–H and O–H groups in total. The first-order chi connectivity index (χ1) is 12.7. The summed E-state index contributed by atoms with van der Waals surface area (Å²) in [5, 5.41) is 0. The molecule has 0 unspecified atom stereocenters. The normalized spacial score (nSPS) is 10.8. The number of rotatable bonds is 7. The molecule has 26 heavy (non-hydrogen) atoms. The summed E-state index contributed by atoms with van der Waals surface area (Å²) in [5.74, 6) is -0.444. The number of hydrogen-bond acceptors (Lipinski definition) is 2. The molecule has 3 aromatic rings. The minimum Gasteiger partial charge on any atom is -0.366 e. The third-order valence-electron chi connectivity index (χ3n) is 4.11. The Bertz CT molecular complexity index is 831. The minimum atomic E-state index is -0.444. The SMILES string of the molecule is NC(=O)C=Cc1cccc(N(Cc2ccccc2)Cc2ccccc2)c1. The lowest BCUT2D eigenvalue weighted by Gasteiger charge is -2.25. The molecule has 3 nitrogen and oxygen atoms in total. The lowest BCUT2D eigenvalue weighted by Crippen LogP contribution is -2.22. The molecular weight excluding hydrogens is 320 g/mol. The molecule has 3 rings (SSSR count). The van der Waals surface area contributed by atoms with E-state index in [9.17, 15) is 4.79 Å². The highest BCUT2D eigenvalue weighted by Crippen LogP contribution is 2.22. The molecule has 0 bridgehead atoms. The molecule has 3 heteroatoms. The van der Waals surface area contributed by atoms with Gasteiger partial charge in [0.2, 0.25) is 5.91 Å². The maximum atomic E-state index is 11.0. The molecule has 0 spiro atoms. The molecule has 0 aliphatic carbocycles. The van der Waals surface area contributed by atoms with E-state index in [-0.39, 0.29) is 0 Å². The van der Waals surface area contributed by atoms with E-state index in [1.807, 2.05) is 24.3 Å². The van der Waals surface area contributed by atoms with Crippen LogP contribution in [0.1, 0.15) is 16.7 Å². The lowest BCUT2D eigenvalue weighted by molar-refractivity contribution is -0.113. The molecule has 0 atom stereocenters. The van der Waals surface area contributed by atoms with Gasteiger partial charge in [-0.2, -0.15) is 0 Å². The summed E-state index contributed by atoms with van der Waals surface area (Å²) >= 11 is 0. The second-order valence-corrected chi connectivity index (χ2v) is 6.16. The van der Waals surface area contributed by atoms with Crippen molar-refractivity contribution in [2.24, 2.45) is 5.73 Å². The smallest absolute Gasteiger partial charge is 0.241 e. The molecule has 3 aromatic carbocycles. The van der Waals surface area contributed by atoms with E-state index in [0.717, 1.165) is 24.3 Å². The number of carbonyl (C=O) groups excluding carboxylic acids is 1. The molecule has 0 fully saturated rings. The van der Waals surface area contributed by atoms with Gasteiger partial charge < -0.3 is 10.6 Å². The van der Waals surface area contributed by atoms with Crippen molar-refractivity contribution in [2.75, 3.05) is 4.90 Å². The average molecular weight is 342 g/mol. The van der Waals surface area contributed by atoms with E-state index >= 15 is 0 Å². The highest BCUT2D eigenvalue weighted by molar-refractivity contribution is 5.90. The largest absolute Gasteiger partial charge is 0.366 e. The van der Waals surface area contributed by atoms with Gasteiger partial charge in [-0.3, -0.25) is 4.79 Å². The van der Waals surface area contributed by atoms with Crippen molar-refractivity contribution >= 4 is 17.7 Å². The van der Waals surface area contributed by atoms with Crippen LogP contribution in [0.3, 0.4) is 0 Å². The number of anilines is 1. The zero-order valence-electron chi connectivity index (χ0n) is 14.6. The lowest BCUT2D eigenvalue weighted by atomic mass is 10.1. The summed E-state index contributed by atoms with van der Waals surface area (Å²) in [7, 11) is 0. The standard InChI is InChI=1S/C23H22N2O/c24-23(26)15-14-19-12-7-13-22(16-19)25(17-20-8-3-1-4-9-20)18-21-10-5-2-6-11-21/h1-16H,17-18H2,(H2,24,26). The fourth-order valence-electron chi connectivity index (χ4n) is 2.85. The highest BCUT2D eigenvalue weighted by Gasteiger charge is 2.09. The second kappa shape index (κ2) is 8.67. The fraction of sp³-hybridized carbons (Fsp3) is 0.0870. The van der Waals surface area contributed by atoms with Crippen LogP contribution in [0.2, 0.25) is 0 Å². The zero-order valence-corrected chi connectivity index (χ0v) is 14.6. The first-order valence-corrected chi connectivity index (χ1v) is 8.61. The third-order valence-corrected chi connectivity index (χ3v) is 4.11. The van der Waals surface area contributed by atoms with Crippen LogP contribution in [0.15, 0.2) is 91.0 Å². The molecule has 130 valence electrons. The molecule has 0 saturated carbocycles. The number of carbonyl (C=O) groups is 1. The van der Waals surface area contributed by atoms with Crippen LogP contribution in [0.4, 0.5) is 5.69 Å². The van der Waals surface area contributed by atoms with Crippen molar-refractivity contribution in [2.45, 2.75) is 13.1 Å². The Morgan fingerprint density at radius 3 is 1.92 bits per heavy atom. The maximum Gasteiger partial charge on any atom is 0.241 e. The van der Waals surface area contributed by atoms with E-state index in [0.29, 0.717) is 0 Å². The van der Waals surface area contributed by atoms with Crippen LogP contribution in [-0.4, -0.2) is 5.91 Å². The van der Waals surface area contributed by atoms with Gasteiger partial charge in [0.25, 0.3) is 0 Å². The molecule has 0 radical (unpaired) electrons. The van der Waals surface area contributed by atoms with Gasteiger partial charge in [-0.15, -0.1) is 0 Å². The predicted octanol–water partition coefficient (Wildman–Crippen LogP) is 4.39. The van der Waals surface area contributed by atoms with Crippen molar-refractivity contribution in [1.29, 1.82) is 0 Å². The molecule has 1 amide bonds. The summed E-state index contributed by atoms with van der Waals surface area (Å²) in [6.45, 7) is 1.61. The maximum absolute atomic E-state index is 11.0. The Kier molecular flexibility index (Phi) is 5.84. The Labute approximate surface area is 154 Å². The minimum absolute atomic E-state index is 0.444.